The van der Waals surface area contributed by atoms with Gasteiger partial charge in [-0.2, -0.15) is 5.10 Å². The standard InChI is InChI=1S/C5H3ClN5/c6-4-1-2-11(9-4)5-3-7-10-8-5/h1-2H,(H,7,8,10). The Morgan fingerprint density at radius 2 is 2.55 bits per heavy atom. The summed E-state index contributed by atoms with van der Waals surface area (Å²) in [6.07, 6.45) is 4.28. The number of aromatic amines is 1. The van der Waals surface area contributed by atoms with Crippen LogP contribution in [-0.2, 0) is 0 Å². The van der Waals surface area contributed by atoms with E-state index in [9.17, 15) is 0 Å². The summed E-state index contributed by atoms with van der Waals surface area (Å²) in [6, 6.07) is 1.66. The van der Waals surface area contributed by atoms with E-state index in [2.05, 4.69) is 26.7 Å². The zero-order chi connectivity index (χ0) is 7.68. The van der Waals surface area contributed by atoms with Crippen molar-refractivity contribution >= 4 is 11.6 Å². The van der Waals surface area contributed by atoms with Crippen LogP contribution in [0.25, 0.3) is 5.82 Å². The smallest absolute Gasteiger partial charge is 0.179 e. The molecule has 6 heteroatoms. The Bertz CT molecular complexity index is 337. The summed E-state index contributed by atoms with van der Waals surface area (Å²) in [5, 5.41) is 13.9. The third-order valence-electron chi connectivity index (χ3n) is 1.15. The summed E-state index contributed by atoms with van der Waals surface area (Å²) < 4.78 is 1.50. The lowest BCUT2D eigenvalue weighted by atomic mass is 10.7. The Morgan fingerprint density at radius 1 is 1.64 bits per heavy atom. The lowest BCUT2D eigenvalue weighted by Crippen LogP contribution is -1.94. The van der Waals surface area contributed by atoms with E-state index >= 15 is 0 Å². The Kier molecular flexibility index (Phi) is 1.36. The Morgan fingerprint density at radius 3 is 3.09 bits per heavy atom. The zero-order valence-corrected chi connectivity index (χ0v) is 6.08. The van der Waals surface area contributed by atoms with Crippen LogP contribution in [-0.4, -0.2) is 25.2 Å². The average molecular weight is 169 g/mol. The number of rotatable bonds is 1. The van der Waals surface area contributed by atoms with Crippen LogP contribution in [0.4, 0.5) is 0 Å². The fraction of sp³-hybridized carbons (Fsp3) is 0. The maximum Gasteiger partial charge on any atom is 0.179 e. The van der Waals surface area contributed by atoms with E-state index in [0.29, 0.717) is 11.0 Å². The van der Waals surface area contributed by atoms with Gasteiger partial charge in [0.1, 0.15) is 0 Å². The van der Waals surface area contributed by atoms with Crippen molar-refractivity contribution in [2.75, 3.05) is 0 Å². The van der Waals surface area contributed by atoms with Crippen LogP contribution in [0.5, 0.6) is 0 Å². The molecule has 0 bridgehead atoms. The molecule has 0 unspecified atom stereocenters. The van der Waals surface area contributed by atoms with Crippen LogP contribution in [0, 0.1) is 6.20 Å². The Balaban J connectivity index is 2.45. The van der Waals surface area contributed by atoms with E-state index in [1.54, 1.807) is 12.3 Å². The van der Waals surface area contributed by atoms with Gasteiger partial charge in [0.05, 0.1) is 0 Å². The van der Waals surface area contributed by atoms with Crippen LogP contribution in [0.2, 0.25) is 5.15 Å². The van der Waals surface area contributed by atoms with Crippen LogP contribution >= 0.6 is 11.6 Å². The van der Waals surface area contributed by atoms with Crippen molar-refractivity contribution in [2.24, 2.45) is 0 Å². The third kappa shape index (κ3) is 1.10. The highest BCUT2D eigenvalue weighted by Crippen LogP contribution is 2.05. The summed E-state index contributed by atoms with van der Waals surface area (Å²) in [5.74, 6) is 0.567. The monoisotopic (exact) mass is 168 g/mol. The zero-order valence-electron chi connectivity index (χ0n) is 5.32. The molecule has 0 spiro atoms. The second-order valence-electron chi connectivity index (χ2n) is 1.86. The molecule has 0 aliphatic carbocycles. The second-order valence-corrected chi connectivity index (χ2v) is 2.24. The number of nitrogens with zero attached hydrogens (tertiary/aromatic N) is 4. The van der Waals surface area contributed by atoms with Gasteiger partial charge in [0.25, 0.3) is 0 Å². The average Bonchev–Trinajstić information content (AvgIpc) is 2.55. The first kappa shape index (κ1) is 6.36. The highest BCUT2D eigenvalue weighted by Gasteiger charge is 1.99. The van der Waals surface area contributed by atoms with E-state index in [-0.39, 0.29) is 0 Å². The van der Waals surface area contributed by atoms with Crippen LogP contribution in [0.15, 0.2) is 12.3 Å². The molecule has 1 N–H and O–H groups in total. The second kappa shape index (κ2) is 2.35. The predicted molar refractivity (Wildman–Crippen MR) is 37.4 cm³/mol. The molecule has 55 valence electrons. The van der Waals surface area contributed by atoms with Gasteiger partial charge in [0, 0.05) is 6.20 Å². The molecule has 2 aromatic heterocycles. The first-order valence-electron chi connectivity index (χ1n) is 2.86. The molecule has 2 rings (SSSR count). The highest BCUT2D eigenvalue weighted by molar-refractivity contribution is 6.29. The fourth-order valence-electron chi connectivity index (χ4n) is 0.698. The normalized spacial score (nSPS) is 10.3. The molecule has 11 heavy (non-hydrogen) atoms. The number of aromatic nitrogens is 5. The minimum absolute atomic E-state index is 0.424. The molecule has 0 aliphatic heterocycles. The van der Waals surface area contributed by atoms with Gasteiger partial charge in [-0.25, -0.2) is 9.78 Å². The topological polar surface area (TPSA) is 59.4 Å². The Hall–Kier alpha value is -1.36. The molecule has 2 heterocycles. The molecule has 0 aromatic carbocycles. The highest BCUT2D eigenvalue weighted by atomic mass is 35.5. The largest absolute Gasteiger partial charge is 0.240 e. The number of hydrogen-bond acceptors (Lipinski definition) is 3. The van der Waals surface area contributed by atoms with Crippen molar-refractivity contribution in [3.63, 3.8) is 0 Å². The van der Waals surface area contributed by atoms with E-state index in [1.807, 2.05) is 0 Å². The SMILES string of the molecule is Clc1ccn(-c2[c]nn[nH]2)n1. The minimum atomic E-state index is 0.424. The fourth-order valence-corrected chi connectivity index (χ4v) is 0.836. The van der Waals surface area contributed by atoms with Crippen molar-refractivity contribution in [3.8, 4) is 5.82 Å². The molecule has 0 saturated heterocycles. The lowest BCUT2D eigenvalue weighted by Gasteiger charge is -1.90. The molecular formula is C5H3ClN5. The van der Waals surface area contributed by atoms with E-state index in [0.717, 1.165) is 0 Å². The lowest BCUT2D eigenvalue weighted by molar-refractivity contribution is 0.828. The maximum absolute atomic E-state index is 5.58. The number of nitrogens with one attached hydrogen (secondary N) is 1. The van der Waals surface area contributed by atoms with Crippen molar-refractivity contribution < 1.29 is 0 Å². The van der Waals surface area contributed by atoms with Crippen LogP contribution < -0.4 is 0 Å². The number of halogens is 1. The van der Waals surface area contributed by atoms with E-state index in [4.69, 9.17) is 11.6 Å². The molecule has 2 aromatic rings. The van der Waals surface area contributed by atoms with Crippen molar-refractivity contribution in [1.82, 2.24) is 25.2 Å². The van der Waals surface area contributed by atoms with Crippen molar-refractivity contribution in [2.45, 2.75) is 0 Å². The predicted octanol–water partition coefficient (Wildman–Crippen LogP) is 0.444. The molecule has 0 atom stereocenters. The van der Waals surface area contributed by atoms with Crippen molar-refractivity contribution in [1.29, 1.82) is 0 Å². The first-order chi connectivity index (χ1) is 5.36. The van der Waals surface area contributed by atoms with Gasteiger partial charge in [-0.05, 0) is 6.07 Å². The summed E-state index contributed by atoms with van der Waals surface area (Å²) in [7, 11) is 0. The van der Waals surface area contributed by atoms with Gasteiger partial charge in [-0.1, -0.05) is 16.8 Å². The number of hydrogen-bond donors (Lipinski definition) is 1. The first-order valence-corrected chi connectivity index (χ1v) is 3.24. The molecule has 0 aliphatic rings. The van der Waals surface area contributed by atoms with Gasteiger partial charge < -0.3 is 0 Å². The molecule has 0 saturated carbocycles. The van der Waals surface area contributed by atoms with Gasteiger partial charge in [-0.3, -0.25) is 0 Å². The quantitative estimate of drug-likeness (QED) is 0.673. The van der Waals surface area contributed by atoms with E-state index in [1.165, 1.54) is 4.68 Å². The van der Waals surface area contributed by atoms with E-state index < -0.39 is 0 Å². The molecule has 5 nitrogen and oxygen atoms in total. The third-order valence-corrected chi connectivity index (χ3v) is 1.35. The Labute approximate surface area is 67.0 Å². The molecule has 0 fully saturated rings. The van der Waals surface area contributed by atoms with Crippen LogP contribution in [0.3, 0.4) is 0 Å². The summed E-state index contributed by atoms with van der Waals surface area (Å²) in [6.45, 7) is 0. The van der Waals surface area contributed by atoms with Gasteiger partial charge in [0.15, 0.2) is 17.2 Å². The summed E-state index contributed by atoms with van der Waals surface area (Å²) >= 11 is 5.58. The van der Waals surface area contributed by atoms with Crippen LogP contribution in [0.1, 0.15) is 0 Å². The molecule has 1 radical (unpaired) electrons. The summed E-state index contributed by atoms with van der Waals surface area (Å²) in [5.41, 5.74) is 0. The van der Waals surface area contributed by atoms with Gasteiger partial charge >= 0.3 is 0 Å². The maximum atomic E-state index is 5.58. The minimum Gasteiger partial charge on any atom is -0.240 e. The molecular weight excluding hydrogens is 166 g/mol. The summed E-state index contributed by atoms with van der Waals surface area (Å²) in [4.78, 5) is 0. The molecule has 0 amide bonds. The van der Waals surface area contributed by atoms with Crippen molar-refractivity contribution in [3.05, 3.63) is 23.6 Å². The van der Waals surface area contributed by atoms with Gasteiger partial charge in [0.2, 0.25) is 0 Å². The van der Waals surface area contributed by atoms with Gasteiger partial charge in [-0.15, -0.1) is 5.10 Å². The number of H-pyrrole nitrogens is 1.